The van der Waals surface area contributed by atoms with E-state index in [1.807, 2.05) is 0 Å². The molecule has 1 aliphatic heterocycles. The van der Waals surface area contributed by atoms with Crippen molar-refractivity contribution in [1.82, 2.24) is 0 Å². The molecule has 81 valence electrons. The third-order valence-electron chi connectivity index (χ3n) is 2.89. The summed E-state index contributed by atoms with van der Waals surface area (Å²) in [5.41, 5.74) is 2.65. The molecular weight excluding hydrogens is 186 g/mol. The van der Waals surface area contributed by atoms with E-state index in [0.29, 0.717) is 0 Å². The maximum atomic E-state index is 9.37. The Morgan fingerprint density at radius 1 is 1.40 bits per heavy atom. The highest BCUT2D eigenvalue weighted by Crippen LogP contribution is 2.32. The van der Waals surface area contributed by atoms with Gasteiger partial charge in [0.05, 0.1) is 12.6 Å². The minimum atomic E-state index is 0.238. The Hall–Kier alpha value is -1.02. The van der Waals surface area contributed by atoms with Crippen molar-refractivity contribution in [2.75, 3.05) is 18.1 Å². The molecule has 1 aromatic rings. The fraction of sp³-hybridized carbons (Fsp3) is 0.462. The summed E-state index contributed by atoms with van der Waals surface area (Å²) in [7, 11) is 0. The minimum Gasteiger partial charge on any atom is -0.394 e. The molecule has 1 aliphatic rings. The lowest BCUT2D eigenvalue weighted by Crippen LogP contribution is -2.37. The van der Waals surface area contributed by atoms with E-state index in [-0.39, 0.29) is 12.6 Å². The van der Waals surface area contributed by atoms with Crippen LogP contribution >= 0.6 is 0 Å². The Balaban J connectivity index is 2.25. The number of fused-ring (bicyclic) bond motifs is 1. The number of rotatable bonds is 3. The molecule has 0 fully saturated rings. The molecule has 15 heavy (non-hydrogen) atoms. The monoisotopic (exact) mass is 204 g/mol. The number of para-hydroxylation sites is 1. The van der Waals surface area contributed by atoms with Gasteiger partial charge in [-0.05, 0) is 24.0 Å². The van der Waals surface area contributed by atoms with Gasteiger partial charge in [0.2, 0.25) is 0 Å². The van der Waals surface area contributed by atoms with Crippen LogP contribution in [-0.4, -0.2) is 24.3 Å². The van der Waals surface area contributed by atoms with Gasteiger partial charge < -0.3 is 10.0 Å². The van der Waals surface area contributed by atoms with Gasteiger partial charge in [-0.1, -0.05) is 32.0 Å². The molecule has 0 saturated carbocycles. The molecule has 1 N–H and O–H groups in total. The molecule has 2 rings (SSSR count). The Bertz CT molecular complexity index is 335. The van der Waals surface area contributed by atoms with Crippen LogP contribution in [0.25, 0.3) is 0 Å². The number of hydrogen-bond donors (Lipinski definition) is 1. The zero-order chi connectivity index (χ0) is 10.8. The first-order chi connectivity index (χ1) is 7.22. The van der Waals surface area contributed by atoms with E-state index in [9.17, 15) is 5.11 Å². The molecule has 0 bridgehead atoms. The molecule has 0 saturated heterocycles. The first-order valence-corrected chi connectivity index (χ1v) is 5.47. The van der Waals surface area contributed by atoms with E-state index < -0.39 is 0 Å². The quantitative estimate of drug-likeness (QED) is 0.814. The van der Waals surface area contributed by atoms with E-state index in [4.69, 9.17) is 0 Å². The predicted octanol–water partition coefficient (Wildman–Crippen LogP) is 2.02. The van der Waals surface area contributed by atoms with Crippen LogP contribution in [0, 0.1) is 5.92 Å². The summed E-state index contributed by atoms with van der Waals surface area (Å²) in [5, 5.41) is 9.37. The average Bonchev–Trinajstić information content (AvgIpc) is 2.56. The Morgan fingerprint density at radius 3 is 2.80 bits per heavy atom. The average molecular weight is 204 g/mol. The number of anilines is 1. The number of aliphatic hydroxyl groups is 1. The van der Waals surface area contributed by atoms with Crippen LogP contribution in [0.5, 0.6) is 0 Å². The molecule has 2 heteroatoms. The van der Waals surface area contributed by atoms with Gasteiger partial charge in [-0.25, -0.2) is 0 Å². The lowest BCUT2D eigenvalue weighted by atomic mass is 10.1. The molecule has 0 spiro atoms. The standard InChI is InChI=1S/C13H18NO/c1-10(2)8-14-12(9-15)7-11-5-3-4-6-13(11)14/h3-6,12,15H,7-9H2,1-2H3/t12-/m0/s1. The zero-order valence-electron chi connectivity index (χ0n) is 9.40. The molecule has 0 amide bonds. The molecule has 0 aliphatic carbocycles. The number of aliphatic hydroxyl groups excluding tert-OH is 1. The molecule has 1 radical (unpaired) electrons. The van der Waals surface area contributed by atoms with Crippen molar-refractivity contribution < 1.29 is 5.11 Å². The predicted molar refractivity (Wildman–Crippen MR) is 63.0 cm³/mol. The molecule has 0 aromatic heterocycles. The van der Waals surface area contributed by atoms with Gasteiger partial charge in [0.25, 0.3) is 0 Å². The SMILES string of the molecule is C[C](C)CN1c2ccccc2C[C@H]1CO. The molecular formula is C13H18NO. The number of hydrogen-bond acceptors (Lipinski definition) is 2. The van der Waals surface area contributed by atoms with Gasteiger partial charge in [0, 0.05) is 12.2 Å². The van der Waals surface area contributed by atoms with Crippen molar-refractivity contribution in [2.24, 2.45) is 0 Å². The number of nitrogens with zero attached hydrogens (tertiary/aromatic N) is 1. The summed E-state index contributed by atoms with van der Waals surface area (Å²) < 4.78 is 0. The van der Waals surface area contributed by atoms with E-state index in [0.717, 1.165) is 13.0 Å². The molecule has 0 unspecified atom stereocenters. The molecule has 1 heterocycles. The smallest absolute Gasteiger partial charge is 0.0638 e. The summed E-state index contributed by atoms with van der Waals surface area (Å²) in [4.78, 5) is 2.31. The van der Waals surface area contributed by atoms with E-state index in [1.54, 1.807) is 0 Å². The van der Waals surface area contributed by atoms with Crippen molar-refractivity contribution in [3.05, 3.63) is 35.7 Å². The van der Waals surface area contributed by atoms with Gasteiger partial charge in [0.15, 0.2) is 0 Å². The summed E-state index contributed by atoms with van der Waals surface area (Å²) in [6.07, 6.45) is 0.972. The van der Waals surface area contributed by atoms with E-state index >= 15 is 0 Å². The minimum absolute atomic E-state index is 0.238. The Kier molecular flexibility index (Phi) is 2.96. The van der Waals surface area contributed by atoms with Gasteiger partial charge >= 0.3 is 0 Å². The first kappa shape index (κ1) is 10.5. The van der Waals surface area contributed by atoms with Crippen LogP contribution < -0.4 is 4.90 Å². The fourth-order valence-corrected chi connectivity index (χ4v) is 2.24. The lowest BCUT2D eigenvalue weighted by Gasteiger charge is -2.27. The fourth-order valence-electron chi connectivity index (χ4n) is 2.24. The van der Waals surface area contributed by atoms with Crippen LogP contribution in [0.4, 0.5) is 5.69 Å². The Labute approximate surface area is 91.5 Å². The molecule has 1 atom stereocenters. The summed E-state index contributed by atoms with van der Waals surface area (Å²) in [6, 6.07) is 8.70. The molecule has 2 nitrogen and oxygen atoms in total. The second kappa shape index (κ2) is 4.23. The highest BCUT2D eigenvalue weighted by Gasteiger charge is 2.28. The van der Waals surface area contributed by atoms with Gasteiger partial charge in [0.1, 0.15) is 0 Å². The maximum Gasteiger partial charge on any atom is 0.0638 e. The van der Waals surface area contributed by atoms with Crippen molar-refractivity contribution in [2.45, 2.75) is 26.3 Å². The highest BCUT2D eigenvalue weighted by molar-refractivity contribution is 5.59. The van der Waals surface area contributed by atoms with E-state index in [2.05, 4.69) is 43.0 Å². The summed E-state index contributed by atoms with van der Waals surface area (Å²) >= 11 is 0. The summed E-state index contributed by atoms with van der Waals surface area (Å²) in [6.45, 7) is 5.45. The van der Waals surface area contributed by atoms with Crippen LogP contribution in [-0.2, 0) is 6.42 Å². The zero-order valence-corrected chi connectivity index (χ0v) is 9.40. The third kappa shape index (κ3) is 2.00. The van der Waals surface area contributed by atoms with Crippen LogP contribution in [0.1, 0.15) is 19.4 Å². The van der Waals surface area contributed by atoms with Gasteiger partial charge in [-0.2, -0.15) is 0 Å². The Morgan fingerprint density at radius 2 is 2.13 bits per heavy atom. The van der Waals surface area contributed by atoms with Crippen molar-refractivity contribution in [3.63, 3.8) is 0 Å². The topological polar surface area (TPSA) is 23.5 Å². The van der Waals surface area contributed by atoms with Crippen molar-refractivity contribution >= 4 is 5.69 Å². The second-order valence-corrected chi connectivity index (χ2v) is 4.50. The second-order valence-electron chi connectivity index (χ2n) is 4.50. The summed E-state index contributed by atoms with van der Waals surface area (Å²) in [5.74, 6) is 1.38. The molecule has 1 aromatic carbocycles. The van der Waals surface area contributed by atoms with Crippen molar-refractivity contribution in [3.8, 4) is 0 Å². The maximum absolute atomic E-state index is 9.37. The third-order valence-corrected chi connectivity index (χ3v) is 2.89. The van der Waals surface area contributed by atoms with Crippen LogP contribution in [0.3, 0.4) is 0 Å². The first-order valence-electron chi connectivity index (χ1n) is 5.47. The van der Waals surface area contributed by atoms with Crippen LogP contribution in [0.15, 0.2) is 24.3 Å². The lowest BCUT2D eigenvalue weighted by molar-refractivity contribution is 0.263. The number of benzene rings is 1. The van der Waals surface area contributed by atoms with Gasteiger partial charge in [-0.3, -0.25) is 0 Å². The van der Waals surface area contributed by atoms with Gasteiger partial charge in [-0.15, -0.1) is 0 Å². The normalized spacial score (nSPS) is 19.7. The van der Waals surface area contributed by atoms with Crippen LogP contribution in [0.2, 0.25) is 0 Å². The highest BCUT2D eigenvalue weighted by atomic mass is 16.3. The largest absolute Gasteiger partial charge is 0.394 e. The van der Waals surface area contributed by atoms with Crippen molar-refractivity contribution in [1.29, 1.82) is 0 Å². The van der Waals surface area contributed by atoms with E-state index in [1.165, 1.54) is 17.2 Å².